The number of nitrogens with zero attached hydrogens (tertiary/aromatic N) is 1. The molecule has 0 amide bonds. The second-order valence-electron chi connectivity index (χ2n) is 5.60. The molecule has 1 aromatic heterocycles. The summed E-state index contributed by atoms with van der Waals surface area (Å²) in [6.07, 6.45) is 1.73. The Morgan fingerprint density at radius 1 is 1.12 bits per heavy atom. The van der Waals surface area contributed by atoms with E-state index >= 15 is 0 Å². The normalized spacial score (nSPS) is 10.8. The van der Waals surface area contributed by atoms with Crippen molar-refractivity contribution in [1.82, 2.24) is 0 Å². The lowest BCUT2D eigenvalue weighted by molar-refractivity contribution is 0.0529. The van der Waals surface area contributed by atoms with Crippen LogP contribution in [0.5, 0.6) is 0 Å². The molecule has 0 saturated heterocycles. The highest BCUT2D eigenvalue weighted by molar-refractivity contribution is 7.17. The third-order valence-electron chi connectivity index (χ3n) is 3.81. The van der Waals surface area contributed by atoms with Gasteiger partial charge in [0.05, 0.1) is 12.8 Å². The van der Waals surface area contributed by atoms with Crippen molar-refractivity contribution in [3.63, 3.8) is 0 Å². The van der Waals surface area contributed by atoms with E-state index in [1.54, 1.807) is 13.1 Å². The zero-order chi connectivity index (χ0) is 18.4. The van der Waals surface area contributed by atoms with Crippen LogP contribution >= 0.6 is 11.3 Å². The van der Waals surface area contributed by atoms with Crippen LogP contribution in [0.3, 0.4) is 0 Å². The molecule has 0 spiro atoms. The van der Waals surface area contributed by atoms with Crippen molar-refractivity contribution in [1.29, 1.82) is 0 Å². The highest BCUT2D eigenvalue weighted by Crippen LogP contribution is 2.40. The van der Waals surface area contributed by atoms with E-state index in [2.05, 4.69) is 10.5 Å². The van der Waals surface area contributed by atoms with Gasteiger partial charge in [0.25, 0.3) is 0 Å². The van der Waals surface area contributed by atoms with Gasteiger partial charge >= 0.3 is 5.97 Å². The van der Waals surface area contributed by atoms with Gasteiger partial charge < -0.3 is 4.74 Å². The Hall–Kier alpha value is -2.92. The first-order chi connectivity index (χ1) is 12.7. The standard InChI is InChI=1S/C21H20N2O2S/c1-3-25-21(24)19-18(17-12-8-5-9-13-17)15(2)26-20(19)23-22-14-16-10-6-4-7-11-16/h4-14,23H,3H2,1-2H3. The number of hydrogen-bond acceptors (Lipinski definition) is 5. The molecule has 0 aliphatic heterocycles. The summed E-state index contributed by atoms with van der Waals surface area (Å²) in [5.74, 6) is -0.340. The van der Waals surface area contributed by atoms with Gasteiger partial charge in [0.1, 0.15) is 10.6 Å². The number of nitrogens with one attached hydrogen (secondary N) is 1. The number of aryl methyl sites for hydroxylation is 1. The summed E-state index contributed by atoms with van der Waals surface area (Å²) < 4.78 is 5.28. The van der Waals surface area contributed by atoms with E-state index in [1.165, 1.54) is 11.3 Å². The van der Waals surface area contributed by atoms with Gasteiger partial charge in [0.15, 0.2) is 0 Å². The van der Waals surface area contributed by atoms with Crippen molar-refractivity contribution in [2.45, 2.75) is 13.8 Å². The van der Waals surface area contributed by atoms with Crippen molar-refractivity contribution in [2.24, 2.45) is 5.10 Å². The van der Waals surface area contributed by atoms with E-state index in [0.717, 1.165) is 21.6 Å². The van der Waals surface area contributed by atoms with Crippen LogP contribution in [0.25, 0.3) is 11.1 Å². The van der Waals surface area contributed by atoms with Gasteiger partial charge in [-0.3, -0.25) is 5.43 Å². The zero-order valence-electron chi connectivity index (χ0n) is 14.7. The number of ether oxygens (including phenoxy) is 1. The molecule has 1 heterocycles. The fourth-order valence-corrected chi connectivity index (χ4v) is 3.69. The molecular weight excluding hydrogens is 344 g/mol. The number of thiophene rings is 1. The molecule has 4 nitrogen and oxygen atoms in total. The first-order valence-electron chi connectivity index (χ1n) is 8.40. The molecule has 2 aromatic carbocycles. The quantitative estimate of drug-likeness (QED) is 0.365. The summed E-state index contributed by atoms with van der Waals surface area (Å²) in [4.78, 5) is 13.6. The highest BCUT2D eigenvalue weighted by atomic mass is 32.1. The van der Waals surface area contributed by atoms with Crippen molar-refractivity contribution < 1.29 is 9.53 Å². The van der Waals surface area contributed by atoms with E-state index < -0.39 is 0 Å². The smallest absolute Gasteiger partial charge is 0.341 e. The average Bonchev–Trinajstić information content (AvgIpc) is 3.00. The molecule has 5 heteroatoms. The number of esters is 1. The molecule has 0 saturated carbocycles. The number of benzene rings is 2. The summed E-state index contributed by atoms with van der Waals surface area (Å²) >= 11 is 1.50. The van der Waals surface area contributed by atoms with Crippen LogP contribution in [-0.4, -0.2) is 18.8 Å². The van der Waals surface area contributed by atoms with Gasteiger partial charge in [-0.1, -0.05) is 60.7 Å². The molecule has 132 valence electrons. The minimum Gasteiger partial charge on any atom is -0.462 e. The molecule has 0 aliphatic rings. The van der Waals surface area contributed by atoms with Crippen molar-refractivity contribution in [3.8, 4) is 11.1 Å². The van der Waals surface area contributed by atoms with Gasteiger partial charge in [0.2, 0.25) is 0 Å². The summed E-state index contributed by atoms with van der Waals surface area (Å²) in [5, 5.41) is 4.98. The molecule has 0 radical (unpaired) electrons. The van der Waals surface area contributed by atoms with Gasteiger partial charge in [-0.2, -0.15) is 5.10 Å². The van der Waals surface area contributed by atoms with Crippen molar-refractivity contribution in [2.75, 3.05) is 12.0 Å². The van der Waals surface area contributed by atoms with Crippen LogP contribution in [0.4, 0.5) is 5.00 Å². The third-order valence-corrected chi connectivity index (χ3v) is 4.82. The Labute approximate surface area is 157 Å². The lowest BCUT2D eigenvalue weighted by Gasteiger charge is -2.07. The maximum Gasteiger partial charge on any atom is 0.341 e. The first kappa shape index (κ1) is 17.9. The molecule has 26 heavy (non-hydrogen) atoms. The molecular formula is C21H20N2O2S. The van der Waals surface area contributed by atoms with Crippen LogP contribution in [0.15, 0.2) is 65.8 Å². The average molecular weight is 364 g/mol. The van der Waals surface area contributed by atoms with E-state index in [-0.39, 0.29) is 5.97 Å². The Morgan fingerprint density at radius 2 is 1.77 bits per heavy atom. The summed E-state index contributed by atoms with van der Waals surface area (Å²) in [6, 6.07) is 19.7. The van der Waals surface area contributed by atoms with Crippen LogP contribution in [0, 0.1) is 6.92 Å². The van der Waals surface area contributed by atoms with E-state index in [0.29, 0.717) is 17.2 Å². The number of anilines is 1. The zero-order valence-corrected chi connectivity index (χ0v) is 15.5. The number of carbonyl (C=O) groups is 1. The third kappa shape index (κ3) is 4.00. The number of hydrazone groups is 1. The van der Waals surface area contributed by atoms with E-state index in [4.69, 9.17) is 4.74 Å². The molecule has 0 aliphatic carbocycles. The van der Waals surface area contributed by atoms with Gasteiger partial charge in [0, 0.05) is 10.4 Å². The second kappa shape index (κ2) is 8.45. The van der Waals surface area contributed by atoms with Crippen LogP contribution in [0.2, 0.25) is 0 Å². The number of hydrogen-bond donors (Lipinski definition) is 1. The van der Waals surface area contributed by atoms with Crippen molar-refractivity contribution in [3.05, 3.63) is 76.7 Å². The van der Waals surface area contributed by atoms with Crippen LogP contribution in [0.1, 0.15) is 27.7 Å². The summed E-state index contributed by atoms with van der Waals surface area (Å²) in [5.41, 5.74) is 6.42. The minimum absolute atomic E-state index is 0.328. The fraction of sp³-hybridized carbons (Fsp3) is 0.143. The molecule has 0 fully saturated rings. The van der Waals surface area contributed by atoms with Crippen molar-refractivity contribution >= 4 is 28.5 Å². The Balaban J connectivity index is 1.97. The molecule has 3 aromatic rings. The molecule has 0 bridgehead atoms. The Bertz CT molecular complexity index is 903. The van der Waals surface area contributed by atoms with Crippen LogP contribution in [-0.2, 0) is 4.74 Å². The largest absolute Gasteiger partial charge is 0.462 e. The maximum absolute atomic E-state index is 12.6. The van der Waals surface area contributed by atoms with Gasteiger partial charge in [-0.15, -0.1) is 11.3 Å². The molecule has 0 unspecified atom stereocenters. The van der Waals surface area contributed by atoms with E-state index in [1.807, 2.05) is 67.6 Å². The topological polar surface area (TPSA) is 50.7 Å². The predicted molar refractivity (Wildman–Crippen MR) is 108 cm³/mol. The fourth-order valence-electron chi connectivity index (χ4n) is 2.68. The van der Waals surface area contributed by atoms with E-state index in [9.17, 15) is 4.79 Å². The maximum atomic E-state index is 12.6. The predicted octanol–water partition coefficient (Wildman–Crippen LogP) is 5.35. The minimum atomic E-state index is -0.340. The number of carbonyl (C=O) groups excluding carboxylic acids is 1. The molecule has 3 rings (SSSR count). The Morgan fingerprint density at radius 3 is 2.42 bits per heavy atom. The lowest BCUT2D eigenvalue weighted by atomic mass is 10.0. The monoisotopic (exact) mass is 364 g/mol. The molecule has 0 atom stereocenters. The van der Waals surface area contributed by atoms with Crippen LogP contribution < -0.4 is 5.43 Å². The second-order valence-corrected chi connectivity index (χ2v) is 6.83. The summed E-state index contributed by atoms with van der Waals surface area (Å²) in [7, 11) is 0. The van der Waals surface area contributed by atoms with Gasteiger partial charge in [-0.25, -0.2) is 4.79 Å². The molecule has 1 N–H and O–H groups in total. The lowest BCUT2D eigenvalue weighted by Crippen LogP contribution is -2.07. The first-order valence-corrected chi connectivity index (χ1v) is 9.22. The Kier molecular flexibility index (Phi) is 5.81. The summed E-state index contributed by atoms with van der Waals surface area (Å²) in [6.45, 7) is 4.14. The van der Waals surface area contributed by atoms with Gasteiger partial charge in [-0.05, 0) is 25.0 Å². The highest BCUT2D eigenvalue weighted by Gasteiger charge is 2.24. The SMILES string of the molecule is CCOC(=O)c1c(NN=Cc2ccccc2)sc(C)c1-c1ccccc1. The number of rotatable bonds is 6.